The Bertz CT molecular complexity index is 1050. The van der Waals surface area contributed by atoms with Crippen molar-refractivity contribution in [2.24, 2.45) is 0 Å². The molecule has 1 amide bonds. The van der Waals surface area contributed by atoms with E-state index < -0.39 is 16.1 Å². The van der Waals surface area contributed by atoms with E-state index in [9.17, 15) is 13.2 Å². The molecule has 2 N–H and O–H groups in total. The van der Waals surface area contributed by atoms with E-state index in [0.717, 1.165) is 27.9 Å². The predicted octanol–water partition coefficient (Wildman–Crippen LogP) is 1.86. The molecule has 2 aromatic rings. The lowest BCUT2D eigenvalue weighted by Crippen LogP contribution is -2.33. The first kappa shape index (κ1) is 21.0. The van der Waals surface area contributed by atoms with Gasteiger partial charge in [0.2, 0.25) is 15.9 Å². The number of anilines is 1. The molecule has 2 aliphatic heterocycles. The minimum absolute atomic E-state index is 0.0580. The third kappa shape index (κ3) is 4.13. The van der Waals surface area contributed by atoms with Gasteiger partial charge in [-0.05, 0) is 48.6 Å². The van der Waals surface area contributed by atoms with E-state index in [2.05, 4.69) is 4.72 Å². The van der Waals surface area contributed by atoms with Crippen LogP contribution in [0, 0.1) is 6.92 Å². The van der Waals surface area contributed by atoms with Gasteiger partial charge in [-0.25, -0.2) is 13.1 Å². The van der Waals surface area contributed by atoms with E-state index in [1.807, 2.05) is 31.2 Å². The summed E-state index contributed by atoms with van der Waals surface area (Å²) in [6.45, 7) is 2.63. The number of nitrogens with one attached hydrogen (secondary N) is 1. The van der Waals surface area contributed by atoms with Crippen molar-refractivity contribution in [3.63, 3.8) is 0 Å². The number of nitrogens with zero attached hydrogens (tertiary/aromatic N) is 1. The second-order valence-electron chi connectivity index (χ2n) is 7.73. The first-order valence-corrected chi connectivity index (χ1v) is 11.6. The molecule has 7 nitrogen and oxygen atoms in total. The molecule has 8 heteroatoms. The molecule has 0 radical (unpaired) electrons. The maximum absolute atomic E-state index is 13.0. The van der Waals surface area contributed by atoms with E-state index in [0.29, 0.717) is 25.8 Å². The number of carbonyl (C=O) groups excluding carboxylic acids is 1. The normalized spacial score (nSPS) is 16.6. The topological polar surface area (TPSA) is 95.9 Å². The second-order valence-corrected chi connectivity index (χ2v) is 9.50. The van der Waals surface area contributed by atoms with E-state index in [1.165, 1.54) is 0 Å². The van der Waals surface area contributed by atoms with Crippen molar-refractivity contribution in [1.82, 2.24) is 4.72 Å². The van der Waals surface area contributed by atoms with Crippen LogP contribution in [-0.2, 0) is 32.4 Å². The number of sulfonamides is 1. The number of aliphatic hydroxyl groups excluding tert-OH is 1. The van der Waals surface area contributed by atoms with Gasteiger partial charge in [0.15, 0.2) is 0 Å². The molecule has 4 rings (SSSR count). The van der Waals surface area contributed by atoms with Gasteiger partial charge in [-0.15, -0.1) is 0 Å². The Labute approximate surface area is 176 Å². The Morgan fingerprint density at radius 3 is 2.53 bits per heavy atom. The van der Waals surface area contributed by atoms with Crippen LogP contribution in [-0.4, -0.2) is 45.7 Å². The van der Waals surface area contributed by atoms with Gasteiger partial charge in [0, 0.05) is 19.5 Å². The third-order valence-electron chi connectivity index (χ3n) is 5.65. The molecule has 160 valence electrons. The zero-order chi connectivity index (χ0) is 21.3. The van der Waals surface area contributed by atoms with Gasteiger partial charge in [-0.1, -0.05) is 29.8 Å². The highest BCUT2D eigenvalue weighted by molar-refractivity contribution is 7.89. The van der Waals surface area contributed by atoms with Crippen LogP contribution in [0.1, 0.15) is 34.8 Å². The quantitative estimate of drug-likeness (QED) is 0.667. The maximum Gasteiger partial charge on any atom is 0.240 e. The van der Waals surface area contributed by atoms with Gasteiger partial charge in [-0.2, -0.15) is 0 Å². The van der Waals surface area contributed by atoms with E-state index in [-0.39, 0.29) is 30.6 Å². The molecule has 30 heavy (non-hydrogen) atoms. The number of benzene rings is 2. The number of aliphatic hydroxyl groups is 1. The summed E-state index contributed by atoms with van der Waals surface area (Å²) in [5.74, 6) is 0.108. The van der Waals surface area contributed by atoms with E-state index >= 15 is 0 Å². The van der Waals surface area contributed by atoms with Gasteiger partial charge < -0.3 is 14.7 Å². The number of hydrogen-bond donors (Lipinski definition) is 2. The minimum atomic E-state index is -3.75. The van der Waals surface area contributed by atoms with Crippen LogP contribution in [0.5, 0.6) is 0 Å². The Morgan fingerprint density at radius 1 is 1.13 bits per heavy atom. The van der Waals surface area contributed by atoms with Gasteiger partial charge in [-0.3, -0.25) is 4.79 Å². The maximum atomic E-state index is 13.0. The van der Waals surface area contributed by atoms with Gasteiger partial charge in [0.05, 0.1) is 29.9 Å². The molecule has 0 aliphatic carbocycles. The number of ether oxygens (including phenoxy) is 1. The first-order valence-electron chi connectivity index (χ1n) is 10.1. The molecule has 0 fully saturated rings. The SMILES string of the molecule is Cc1ccc(C(CNS(=O)(=O)c2cc3c4c(c2)CCN4C(=O)CC3)OCCO)cc1. The summed E-state index contributed by atoms with van der Waals surface area (Å²) in [6, 6.07) is 11.0. The summed E-state index contributed by atoms with van der Waals surface area (Å²) in [5.41, 5.74) is 4.66. The molecular formula is C22H26N2O5S. The predicted molar refractivity (Wildman–Crippen MR) is 113 cm³/mol. The highest BCUT2D eigenvalue weighted by atomic mass is 32.2. The van der Waals surface area contributed by atoms with Crippen molar-refractivity contribution in [2.75, 3.05) is 31.2 Å². The fourth-order valence-electron chi connectivity index (χ4n) is 4.10. The summed E-state index contributed by atoms with van der Waals surface area (Å²) in [7, 11) is -3.75. The van der Waals surface area contributed by atoms with Gasteiger partial charge >= 0.3 is 0 Å². The summed E-state index contributed by atoms with van der Waals surface area (Å²) in [4.78, 5) is 14.1. The molecule has 0 aromatic heterocycles. The average molecular weight is 431 g/mol. The van der Waals surface area contributed by atoms with Crippen molar-refractivity contribution in [3.8, 4) is 0 Å². The molecule has 0 spiro atoms. The zero-order valence-corrected chi connectivity index (χ0v) is 17.7. The van der Waals surface area contributed by atoms with Crippen molar-refractivity contribution in [2.45, 2.75) is 37.2 Å². The van der Waals surface area contributed by atoms with Crippen LogP contribution in [0.3, 0.4) is 0 Å². The van der Waals surface area contributed by atoms with Crippen LogP contribution in [0.15, 0.2) is 41.3 Å². The Hall–Kier alpha value is -2.26. The molecule has 2 aromatic carbocycles. The largest absolute Gasteiger partial charge is 0.394 e. The highest BCUT2D eigenvalue weighted by Crippen LogP contribution is 2.38. The zero-order valence-electron chi connectivity index (χ0n) is 16.9. The number of rotatable bonds is 8. The number of carbonyl (C=O) groups is 1. The lowest BCUT2D eigenvalue weighted by molar-refractivity contribution is -0.118. The highest BCUT2D eigenvalue weighted by Gasteiger charge is 2.33. The fraction of sp³-hybridized carbons (Fsp3) is 0.409. The molecule has 0 saturated heterocycles. The molecule has 1 unspecified atom stereocenters. The van der Waals surface area contributed by atoms with E-state index in [1.54, 1.807) is 17.0 Å². The van der Waals surface area contributed by atoms with Crippen LogP contribution >= 0.6 is 0 Å². The summed E-state index contributed by atoms with van der Waals surface area (Å²) >= 11 is 0. The average Bonchev–Trinajstić information content (AvgIpc) is 3.17. The van der Waals surface area contributed by atoms with Crippen molar-refractivity contribution in [1.29, 1.82) is 0 Å². The van der Waals surface area contributed by atoms with Gasteiger partial charge in [0.25, 0.3) is 0 Å². The van der Waals surface area contributed by atoms with Crippen LogP contribution in [0.4, 0.5) is 5.69 Å². The third-order valence-corrected chi connectivity index (χ3v) is 7.06. The fourth-order valence-corrected chi connectivity index (χ4v) is 5.23. The smallest absolute Gasteiger partial charge is 0.240 e. The summed E-state index contributed by atoms with van der Waals surface area (Å²) in [6.07, 6.45) is 1.14. The summed E-state index contributed by atoms with van der Waals surface area (Å²) in [5, 5.41) is 9.11. The molecule has 1 atom stereocenters. The standard InChI is InChI=1S/C22H26N2O5S/c1-15-2-4-16(5-3-15)20(29-11-10-25)14-23-30(27,28)19-12-17-6-7-21(26)24-9-8-18(13-19)22(17)24/h2-5,12-13,20,23,25H,6-11,14H2,1H3. The van der Waals surface area contributed by atoms with Crippen LogP contribution < -0.4 is 9.62 Å². The molecule has 0 saturated carbocycles. The van der Waals surface area contributed by atoms with E-state index in [4.69, 9.17) is 9.84 Å². The number of amides is 1. The lowest BCUT2D eigenvalue weighted by Gasteiger charge is -2.26. The Balaban J connectivity index is 1.55. The van der Waals surface area contributed by atoms with Crippen molar-refractivity contribution < 1.29 is 23.1 Å². The van der Waals surface area contributed by atoms with Crippen molar-refractivity contribution >= 4 is 21.6 Å². The molecular weight excluding hydrogens is 404 g/mol. The van der Waals surface area contributed by atoms with Crippen LogP contribution in [0.2, 0.25) is 0 Å². The van der Waals surface area contributed by atoms with Gasteiger partial charge in [0.1, 0.15) is 0 Å². The molecule has 2 heterocycles. The second kappa shape index (κ2) is 8.47. The molecule has 0 bridgehead atoms. The lowest BCUT2D eigenvalue weighted by atomic mass is 10.00. The first-order chi connectivity index (χ1) is 14.4. The Kier molecular flexibility index (Phi) is 5.92. The molecule has 2 aliphatic rings. The monoisotopic (exact) mass is 430 g/mol. The minimum Gasteiger partial charge on any atom is -0.394 e. The van der Waals surface area contributed by atoms with Crippen molar-refractivity contribution in [3.05, 3.63) is 58.7 Å². The summed E-state index contributed by atoms with van der Waals surface area (Å²) < 4.78 is 34.4. The number of hydrogen-bond acceptors (Lipinski definition) is 5. The Morgan fingerprint density at radius 2 is 1.83 bits per heavy atom. The number of aryl methyl sites for hydroxylation is 2. The van der Waals surface area contributed by atoms with Crippen LogP contribution in [0.25, 0.3) is 0 Å².